The number of rotatable bonds is 2. The van der Waals surface area contributed by atoms with Crippen LogP contribution in [0.25, 0.3) is 0 Å². The summed E-state index contributed by atoms with van der Waals surface area (Å²) in [4.78, 5) is 15.3. The zero-order valence-electron chi connectivity index (χ0n) is 11.4. The van der Waals surface area contributed by atoms with Crippen LogP contribution in [0.2, 0.25) is 0 Å². The maximum Gasteiger partial charge on any atom is 0.319 e. The molecule has 104 valence electrons. The van der Waals surface area contributed by atoms with E-state index in [9.17, 15) is 9.18 Å². The van der Waals surface area contributed by atoms with E-state index < -0.39 is 0 Å². The lowest BCUT2D eigenvalue weighted by atomic mass is 10.0. The lowest BCUT2D eigenvalue weighted by molar-refractivity contribution is 0.158. The highest BCUT2D eigenvalue weighted by molar-refractivity contribution is 5.73. The third-order valence-corrected chi connectivity index (χ3v) is 3.36. The second-order valence-corrected chi connectivity index (χ2v) is 5.09. The summed E-state index contributed by atoms with van der Waals surface area (Å²) in [6.07, 6.45) is 1.83. The predicted octanol–water partition coefficient (Wildman–Crippen LogP) is 2.38. The molecule has 19 heavy (non-hydrogen) atoms. The minimum atomic E-state index is -0.225. The Kier molecular flexibility index (Phi) is 4.24. The summed E-state index contributed by atoms with van der Waals surface area (Å²) in [7, 11) is 3.54. The largest absolute Gasteiger partial charge is 0.382 e. The number of benzene rings is 1. The summed E-state index contributed by atoms with van der Waals surface area (Å²) in [5, 5.41) is 3.38. The van der Waals surface area contributed by atoms with Crippen molar-refractivity contribution in [2.75, 3.05) is 32.5 Å². The fourth-order valence-corrected chi connectivity index (χ4v) is 2.28. The summed E-state index contributed by atoms with van der Waals surface area (Å²) in [5.74, 6) is -0.225. The van der Waals surface area contributed by atoms with Gasteiger partial charge in [-0.15, -0.1) is 0 Å². The molecular weight excluding hydrogens is 245 g/mol. The molecule has 1 fully saturated rings. The van der Waals surface area contributed by atoms with E-state index in [4.69, 9.17) is 0 Å². The Bertz CT molecular complexity index is 425. The number of amides is 2. The summed E-state index contributed by atoms with van der Waals surface area (Å²) in [6.45, 7) is 1.52. The van der Waals surface area contributed by atoms with Gasteiger partial charge < -0.3 is 15.1 Å². The first-order valence-electron chi connectivity index (χ1n) is 6.54. The van der Waals surface area contributed by atoms with Gasteiger partial charge in [0.25, 0.3) is 0 Å². The molecule has 0 spiro atoms. The third kappa shape index (κ3) is 3.59. The van der Waals surface area contributed by atoms with E-state index in [0.29, 0.717) is 6.04 Å². The van der Waals surface area contributed by atoms with Crippen LogP contribution in [0.1, 0.15) is 12.8 Å². The fraction of sp³-hybridized carbons (Fsp3) is 0.500. The fourth-order valence-electron chi connectivity index (χ4n) is 2.28. The van der Waals surface area contributed by atoms with E-state index in [0.717, 1.165) is 31.6 Å². The Hall–Kier alpha value is -1.78. The lowest BCUT2D eigenvalue weighted by Crippen LogP contribution is -2.46. The summed E-state index contributed by atoms with van der Waals surface area (Å²) in [5.41, 5.74) is 0.929. The third-order valence-electron chi connectivity index (χ3n) is 3.36. The van der Waals surface area contributed by atoms with Crippen molar-refractivity contribution >= 4 is 11.7 Å². The van der Waals surface area contributed by atoms with Crippen LogP contribution in [-0.2, 0) is 0 Å². The number of hydrogen-bond donors (Lipinski definition) is 1. The first kappa shape index (κ1) is 13.6. The maximum absolute atomic E-state index is 12.8. The number of nitrogens with one attached hydrogen (secondary N) is 1. The quantitative estimate of drug-likeness (QED) is 0.891. The van der Waals surface area contributed by atoms with Gasteiger partial charge in [-0.05, 0) is 37.1 Å². The van der Waals surface area contributed by atoms with E-state index >= 15 is 0 Å². The van der Waals surface area contributed by atoms with Gasteiger partial charge >= 0.3 is 6.03 Å². The van der Waals surface area contributed by atoms with Gasteiger partial charge in [-0.2, -0.15) is 0 Å². The van der Waals surface area contributed by atoms with Gasteiger partial charge in [0.1, 0.15) is 5.82 Å². The van der Waals surface area contributed by atoms with Crippen LogP contribution in [0.4, 0.5) is 14.9 Å². The van der Waals surface area contributed by atoms with Gasteiger partial charge in [-0.25, -0.2) is 9.18 Å². The molecule has 1 aromatic rings. The first-order valence-corrected chi connectivity index (χ1v) is 6.54. The highest BCUT2D eigenvalue weighted by atomic mass is 19.1. The molecule has 2 rings (SSSR count). The molecular formula is C14H20FN3O. The van der Waals surface area contributed by atoms with Crippen molar-refractivity contribution in [3.8, 4) is 0 Å². The molecule has 0 atom stereocenters. The van der Waals surface area contributed by atoms with E-state index in [2.05, 4.69) is 5.32 Å². The van der Waals surface area contributed by atoms with E-state index in [1.54, 1.807) is 31.1 Å². The second-order valence-electron chi connectivity index (χ2n) is 5.09. The molecule has 1 saturated heterocycles. The number of carbonyl (C=O) groups is 1. The van der Waals surface area contributed by atoms with Crippen molar-refractivity contribution in [1.29, 1.82) is 0 Å². The molecule has 0 aromatic heterocycles. The zero-order chi connectivity index (χ0) is 13.8. The minimum Gasteiger partial charge on any atom is -0.382 e. The molecule has 1 aliphatic heterocycles. The van der Waals surface area contributed by atoms with Crippen molar-refractivity contribution in [3.63, 3.8) is 0 Å². The molecule has 1 aliphatic rings. The Labute approximate surface area is 113 Å². The smallest absolute Gasteiger partial charge is 0.319 e. The SMILES string of the molecule is CN(C)C(=O)N1CCC(Nc2ccc(F)cc2)CC1. The first-order chi connectivity index (χ1) is 9.06. The van der Waals surface area contributed by atoms with E-state index in [-0.39, 0.29) is 11.8 Å². The number of halogens is 1. The molecule has 4 nitrogen and oxygen atoms in total. The Morgan fingerprint density at radius 1 is 1.26 bits per heavy atom. The highest BCUT2D eigenvalue weighted by Gasteiger charge is 2.23. The van der Waals surface area contributed by atoms with Crippen LogP contribution in [-0.4, -0.2) is 49.1 Å². The van der Waals surface area contributed by atoms with E-state index in [1.165, 1.54) is 12.1 Å². The molecule has 0 radical (unpaired) electrons. The normalized spacial score (nSPS) is 16.3. The number of anilines is 1. The second kappa shape index (κ2) is 5.91. The van der Waals surface area contributed by atoms with Crippen LogP contribution < -0.4 is 5.32 Å². The minimum absolute atomic E-state index is 0.0697. The Morgan fingerprint density at radius 2 is 1.84 bits per heavy atom. The van der Waals surface area contributed by atoms with E-state index in [1.807, 2.05) is 4.90 Å². The molecule has 1 heterocycles. The lowest BCUT2D eigenvalue weighted by Gasteiger charge is -2.34. The molecule has 1 aromatic carbocycles. The molecule has 1 N–H and O–H groups in total. The van der Waals surface area contributed by atoms with Crippen LogP contribution >= 0.6 is 0 Å². The zero-order valence-corrected chi connectivity index (χ0v) is 11.4. The summed E-state index contributed by atoms with van der Waals surface area (Å²) >= 11 is 0. The van der Waals surface area contributed by atoms with Crippen molar-refractivity contribution in [3.05, 3.63) is 30.1 Å². The summed E-state index contributed by atoms with van der Waals surface area (Å²) in [6, 6.07) is 6.80. The summed E-state index contributed by atoms with van der Waals surface area (Å²) < 4.78 is 12.8. The van der Waals surface area contributed by atoms with Crippen LogP contribution in [0.5, 0.6) is 0 Å². The van der Waals surface area contributed by atoms with Gasteiger partial charge in [0.05, 0.1) is 0 Å². The Morgan fingerprint density at radius 3 is 2.37 bits per heavy atom. The van der Waals surface area contributed by atoms with Gasteiger partial charge in [-0.3, -0.25) is 0 Å². The number of carbonyl (C=O) groups excluding carboxylic acids is 1. The monoisotopic (exact) mass is 265 g/mol. The molecule has 0 unspecified atom stereocenters. The Balaban J connectivity index is 1.83. The average Bonchev–Trinajstić information content (AvgIpc) is 2.41. The number of nitrogens with zero attached hydrogens (tertiary/aromatic N) is 2. The van der Waals surface area contributed by atoms with Crippen molar-refractivity contribution in [2.24, 2.45) is 0 Å². The molecule has 2 amide bonds. The maximum atomic E-state index is 12.8. The average molecular weight is 265 g/mol. The number of likely N-dealkylation sites (tertiary alicyclic amines) is 1. The highest BCUT2D eigenvalue weighted by Crippen LogP contribution is 2.17. The molecule has 0 bridgehead atoms. The standard InChI is InChI=1S/C14H20FN3O/c1-17(2)14(19)18-9-7-13(8-10-18)16-12-5-3-11(15)4-6-12/h3-6,13,16H,7-10H2,1-2H3. The molecule has 0 saturated carbocycles. The number of piperidine rings is 1. The molecule has 5 heteroatoms. The van der Waals surface area contributed by atoms with Crippen molar-refractivity contribution in [1.82, 2.24) is 9.80 Å². The van der Waals surface area contributed by atoms with Crippen LogP contribution in [0, 0.1) is 5.82 Å². The van der Waals surface area contributed by atoms with Crippen molar-refractivity contribution in [2.45, 2.75) is 18.9 Å². The number of urea groups is 1. The van der Waals surface area contributed by atoms with Crippen LogP contribution in [0.15, 0.2) is 24.3 Å². The van der Waals surface area contributed by atoms with Gasteiger partial charge in [0.2, 0.25) is 0 Å². The molecule has 0 aliphatic carbocycles. The van der Waals surface area contributed by atoms with Gasteiger partial charge in [-0.1, -0.05) is 0 Å². The predicted molar refractivity (Wildman–Crippen MR) is 73.7 cm³/mol. The van der Waals surface area contributed by atoms with Crippen LogP contribution in [0.3, 0.4) is 0 Å². The topological polar surface area (TPSA) is 35.6 Å². The van der Waals surface area contributed by atoms with Gasteiger partial charge in [0, 0.05) is 38.9 Å². The van der Waals surface area contributed by atoms with Gasteiger partial charge in [0.15, 0.2) is 0 Å². The number of hydrogen-bond acceptors (Lipinski definition) is 2. The van der Waals surface area contributed by atoms with Crippen molar-refractivity contribution < 1.29 is 9.18 Å².